The minimum atomic E-state index is -0.631. The topological polar surface area (TPSA) is 104 Å². The molecule has 0 aliphatic heterocycles. The van der Waals surface area contributed by atoms with Crippen molar-refractivity contribution in [2.24, 2.45) is 0 Å². The number of ether oxygens (including phenoxy) is 2. The molecule has 1 aromatic heterocycles. The third-order valence-corrected chi connectivity index (χ3v) is 2.78. The van der Waals surface area contributed by atoms with Crippen LogP contribution < -0.4 is 5.32 Å². The number of hydrogen-bond donors (Lipinski definition) is 1. The number of hydrogen-bond acceptors (Lipinski definition) is 7. The summed E-state index contributed by atoms with van der Waals surface area (Å²) >= 11 is 0. The monoisotopic (exact) mass is 297 g/mol. The second-order valence-electron chi connectivity index (χ2n) is 4.29. The van der Waals surface area contributed by atoms with Crippen molar-refractivity contribution in [3.63, 3.8) is 0 Å². The molecule has 21 heavy (non-hydrogen) atoms. The van der Waals surface area contributed by atoms with Crippen LogP contribution in [0, 0.1) is 10.1 Å². The van der Waals surface area contributed by atoms with Gasteiger partial charge in [0.15, 0.2) is 5.69 Å². The van der Waals surface area contributed by atoms with E-state index in [1.54, 1.807) is 7.11 Å². The van der Waals surface area contributed by atoms with Crippen molar-refractivity contribution in [3.05, 3.63) is 27.9 Å². The summed E-state index contributed by atoms with van der Waals surface area (Å²) in [5, 5.41) is 13.8. The first-order valence-corrected chi connectivity index (χ1v) is 6.56. The van der Waals surface area contributed by atoms with Gasteiger partial charge in [0.2, 0.25) is 5.82 Å². The Morgan fingerprint density at radius 1 is 1.33 bits per heavy atom. The number of carbonyl (C=O) groups is 1. The second-order valence-corrected chi connectivity index (χ2v) is 4.29. The van der Waals surface area contributed by atoms with Crippen LogP contribution in [-0.2, 0) is 9.47 Å². The molecule has 0 amide bonds. The number of carbonyl (C=O) groups excluding carboxylic acids is 1. The van der Waals surface area contributed by atoms with Crippen molar-refractivity contribution >= 4 is 17.5 Å². The molecule has 0 radical (unpaired) electrons. The highest BCUT2D eigenvalue weighted by Crippen LogP contribution is 2.22. The standard InChI is InChI=1S/C13H19N3O5/c1-20-9-5-3-4-8-14-12-11(16(18)19)7-6-10(15-12)13(17)21-2/h6-7H,3-5,8-9H2,1-2H3,(H,14,15). The van der Waals surface area contributed by atoms with Gasteiger partial charge in [0, 0.05) is 26.3 Å². The van der Waals surface area contributed by atoms with Gasteiger partial charge in [-0.3, -0.25) is 10.1 Å². The van der Waals surface area contributed by atoms with Crippen LogP contribution in [-0.4, -0.2) is 43.2 Å². The average molecular weight is 297 g/mol. The first kappa shape index (κ1) is 16.8. The largest absolute Gasteiger partial charge is 0.464 e. The van der Waals surface area contributed by atoms with Crippen molar-refractivity contribution in [2.75, 3.05) is 32.7 Å². The van der Waals surface area contributed by atoms with E-state index >= 15 is 0 Å². The molecule has 0 spiro atoms. The molecular formula is C13H19N3O5. The maximum atomic E-state index is 11.4. The summed E-state index contributed by atoms with van der Waals surface area (Å²) in [6.45, 7) is 1.22. The van der Waals surface area contributed by atoms with Crippen LogP contribution in [0.4, 0.5) is 11.5 Å². The third kappa shape index (κ3) is 5.35. The van der Waals surface area contributed by atoms with Gasteiger partial charge in [0.05, 0.1) is 12.0 Å². The van der Waals surface area contributed by atoms with Crippen molar-refractivity contribution in [1.82, 2.24) is 4.98 Å². The summed E-state index contributed by atoms with van der Waals surface area (Å²) in [4.78, 5) is 25.7. The molecule has 0 saturated carbocycles. The van der Waals surface area contributed by atoms with E-state index in [1.165, 1.54) is 19.2 Å². The van der Waals surface area contributed by atoms with Crippen LogP contribution in [0.3, 0.4) is 0 Å². The molecule has 0 bridgehead atoms. The van der Waals surface area contributed by atoms with E-state index in [0.717, 1.165) is 19.3 Å². The fourth-order valence-electron chi connectivity index (χ4n) is 1.70. The Bertz CT molecular complexity index is 493. The molecule has 1 heterocycles. The molecule has 8 nitrogen and oxygen atoms in total. The molecule has 0 aromatic carbocycles. The Balaban J connectivity index is 2.68. The SMILES string of the molecule is COCCCCCNc1nc(C(=O)OC)ccc1[N+](=O)[O-]. The number of nitro groups is 1. The van der Waals surface area contributed by atoms with E-state index in [-0.39, 0.29) is 17.2 Å². The van der Waals surface area contributed by atoms with E-state index in [1.807, 2.05) is 0 Å². The van der Waals surface area contributed by atoms with Crippen molar-refractivity contribution in [1.29, 1.82) is 0 Å². The first-order valence-electron chi connectivity index (χ1n) is 6.56. The molecule has 0 aliphatic rings. The minimum absolute atomic E-state index is 0.0324. The van der Waals surface area contributed by atoms with Crippen molar-refractivity contribution in [2.45, 2.75) is 19.3 Å². The van der Waals surface area contributed by atoms with Gasteiger partial charge in [-0.15, -0.1) is 0 Å². The average Bonchev–Trinajstić information content (AvgIpc) is 2.49. The molecule has 0 fully saturated rings. The maximum Gasteiger partial charge on any atom is 0.356 e. The molecule has 0 aliphatic carbocycles. The number of nitrogens with zero attached hydrogens (tertiary/aromatic N) is 2. The van der Waals surface area contributed by atoms with Gasteiger partial charge >= 0.3 is 11.7 Å². The predicted octanol–water partition coefficient (Wildman–Crippen LogP) is 2.00. The summed E-state index contributed by atoms with van der Waals surface area (Å²) in [5.41, 5.74) is -0.135. The number of anilines is 1. The van der Waals surface area contributed by atoms with Crippen molar-refractivity contribution < 1.29 is 19.2 Å². The Morgan fingerprint density at radius 3 is 2.71 bits per heavy atom. The molecule has 116 valence electrons. The molecular weight excluding hydrogens is 278 g/mol. The third-order valence-electron chi connectivity index (χ3n) is 2.78. The Kier molecular flexibility index (Phi) is 7.10. The highest BCUT2D eigenvalue weighted by atomic mass is 16.6. The van der Waals surface area contributed by atoms with E-state index in [4.69, 9.17) is 4.74 Å². The Labute approximate surface area is 122 Å². The van der Waals surface area contributed by atoms with Gasteiger partial charge in [-0.2, -0.15) is 0 Å². The summed E-state index contributed by atoms with van der Waals surface area (Å²) in [6, 6.07) is 2.51. The van der Waals surface area contributed by atoms with Crippen LogP contribution in [0.1, 0.15) is 29.8 Å². The fourth-order valence-corrected chi connectivity index (χ4v) is 1.70. The first-order chi connectivity index (χ1) is 10.1. The molecule has 1 rings (SSSR count). The zero-order valence-electron chi connectivity index (χ0n) is 12.1. The fraction of sp³-hybridized carbons (Fsp3) is 0.538. The van der Waals surface area contributed by atoms with Crippen LogP contribution >= 0.6 is 0 Å². The van der Waals surface area contributed by atoms with E-state index < -0.39 is 10.9 Å². The Hall–Kier alpha value is -2.22. The van der Waals surface area contributed by atoms with Gasteiger partial charge in [-0.25, -0.2) is 9.78 Å². The van der Waals surface area contributed by atoms with E-state index in [0.29, 0.717) is 13.2 Å². The second kappa shape index (κ2) is 8.85. The van der Waals surface area contributed by atoms with Gasteiger partial charge < -0.3 is 14.8 Å². The summed E-state index contributed by atoms with van der Waals surface area (Å²) in [5.74, 6) is -0.553. The number of aromatic nitrogens is 1. The normalized spacial score (nSPS) is 10.2. The van der Waals surface area contributed by atoms with Crippen LogP contribution in [0.25, 0.3) is 0 Å². The maximum absolute atomic E-state index is 11.4. The number of unbranched alkanes of at least 4 members (excludes halogenated alkanes) is 2. The minimum Gasteiger partial charge on any atom is -0.464 e. The lowest BCUT2D eigenvalue weighted by atomic mass is 10.2. The summed E-state index contributed by atoms with van der Waals surface area (Å²) in [6.07, 6.45) is 2.69. The number of nitrogens with one attached hydrogen (secondary N) is 1. The molecule has 8 heteroatoms. The predicted molar refractivity (Wildman–Crippen MR) is 76.4 cm³/mol. The molecule has 1 N–H and O–H groups in total. The summed E-state index contributed by atoms with van der Waals surface area (Å²) < 4.78 is 9.49. The van der Waals surface area contributed by atoms with Gasteiger partial charge in [-0.1, -0.05) is 0 Å². The number of methoxy groups -OCH3 is 2. The van der Waals surface area contributed by atoms with E-state index in [2.05, 4.69) is 15.0 Å². The smallest absolute Gasteiger partial charge is 0.356 e. The summed E-state index contributed by atoms with van der Waals surface area (Å²) in [7, 11) is 2.87. The van der Waals surface area contributed by atoms with Gasteiger partial charge in [0.25, 0.3) is 0 Å². The lowest BCUT2D eigenvalue weighted by molar-refractivity contribution is -0.384. The zero-order valence-corrected chi connectivity index (χ0v) is 12.1. The number of pyridine rings is 1. The van der Waals surface area contributed by atoms with Crippen LogP contribution in [0.2, 0.25) is 0 Å². The lowest BCUT2D eigenvalue weighted by Crippen LogP contribution is -2.11. The number of esters is 1. The Morgan fingerprint density at radius 2 is 2.10 bits per heavy atom. The van der Waals surface area contributed by atoms with Gasteiger partial charge in [0.1, 0.15) is 0 Å². The lowest BCUT2D eigenvalue weighted by Gasteiger charge is -2.07. The quantitative estimate of drug-likeness (QED) is 0.322. The molecule has 0 atom stereocenters. The van der Waals surface area contributed by atoms with E-state index in [9.17, 15) is 14.9 Å². The van der Waals surface area contributed by atoms with Crippen molar-refractivity contribution in [3.8, 4) is 0 Å². The van der Waals surface area contributed by atoms with Crippen LogP contribution in [0.15, 0.2) is 12.1 Å². The molecule has 0 unspecified atom stereocenters. The highest BCUT2D eigenvalue weighted by Gasteiger charge is 2.18. The van der Waals surface area contributed by atoms with Crippen LogP contribution in [0.5, 0.6) is 0 Å². The molecule has 1 aromatic rings. The van der Waals surface area contributed by atoms with Gasteiger partial charge in [-0.05, 0) is 25.3 Å². The zero-order chi connectivity index (χ0) is 15.7. The molecule has 0 saturated heterocycles. The highest BCUT2D eigenvalue weighted by molar-refractivity contribution is 5.88. The number of rotatable bonds is 9.